The quantitative estimate of drug-likeness (QED) is 0.881. The van der Waals surface area contributed by atoms with Crippen molar-refractivity contribution in [1.29, 1.82) is 0 Å². The van der Waals surface area contributed by atoms with Gasteiger partial charge in [0.1, 0.15) is 0 Å². The summed E-state index contributed by atoms with van der Waals surface area (Å²) in [7, 11) is -0.760. The Kier molecular flexibility index (Phi) is 5.15. The van der Waals surface area contributed by atoms with Gasteiger partial charge in [-0.2, -0.15) is 11.3 Å². The summed E-state index contributed by atoms with van der Waals surface area (Å²) in [6, 6.07) is 2.48. The number of hydrogen-bond donors (Lipinski definition) is 1. The summed E-state index contributed by atoms with van der Waals surface area (Å²) in [6.45, 7) is 9.01. The summed E-state index contributed by atoms with van der Waals surface area (Å²) < 4.78 is 11.7. The molecule has 1 rings (SSSR count). The van der Waals surface area contributed by atoms with Gasteiger partial charge in [0.2, 0.25) is 0 Å². The van der Waals surface area contributed by atoms with Crippen LogP contribution in [0.5, 0.6) is 0 Å². The Morgan fingerprint density at radius 3 is 2.69 bits per heavy atom. The maximum Gasteiger partial charge on any atom is 0.0375 e. The second-order valence-electron chi connectivity index (χ2n) is 4.89. The number of nitrogens with one attached hydrogen (secondary N) is 1. The van der Waals surface area contributed by atoms with Crippen LogP contribution in [0, 0.1) is 0 Å². The summed E-state index contributed by atoms with van der Waals surface area (Å²) >= 11 is 1.71. The van der Waals surface area contributed by atoms with E-state index in [9.17, 15) is 4.21 Å². The zero-order valence-corrected chi connectivity index (χ0v) is 12.1. The summed E-state index contributed by atoms with van der Waals surface area (Å²) in [5.41, 5.74) is 1.31. The molecule has 2 unspecified atom stereocenters. The standard InChI is InChI=1S/C12H21NOS2/c1-10(11-5-7-15-9-11)13-6-8-16(14)12(2,3)4/h5,7,9-10,13H,6,8H2,1-4H3. The third kappa shape index (κ3) is 4.36. The molecule has 0 aliphatic heterocycles. The Labute approximate surface area is 105 Å². The normalized spacial score (nSPS) is 16.0. The molecule has 1 aromatic heterocycles. The molecule has 1 N–H and O–H groups in total. The lowest BCUT2D eigenvalue weighted by atomic mass is 10.2. The maximum absolute atomic E-state index is 11.8. The predicted molar refractivity (Wildman–Crippen MR) is 73.5 cm³/mol. The summed E-state index contributed by atoms with van der Waals surface area (Å²) in [5, 5.41) is 7.64. The van der Waals surface area contributed by atoms with Crippen LogP contribution in [0.4, 0.5) is 0 Å². The number of hydrogen-bond acceptors (Lipinski definition) is 3. The highest BCUT2D eigenvalue weighted by Crippen LogP contribution is 2.15. The molecule has 0 radical (unpaired) electrons. The molecule has 0 saturated heterocycles. The first-order valence-electron chi connectivity index (χ1n) is 5.55. The van der Waals surface area contributed by atoms with Crippen LogP contribution in [-0.2, 0) is 10.8 Å². The zero-order valence-electron chi connectivity index (χ0n) is 10.4. The molecule has 0 amide bonds. The molecule has 4 heteroatoms. The molecule has 2 atom stereocenters. The van der Waals surface area contributed by atoms with E-state index in [-0.39, 0.29) is 4.75 Å². The van der Waals surface area contributed by atoms with Crippen LogP contribution in [0.25, 0.3) is 0 Å². The van der Waals surface area contributed by atoms with Gasteiger partial charge >= 0.3 is 0 Å². The zero-order chi connectivity index (χ0) is 12.2. The van der Waals surface area contributed by atoms with E-state index < -0.39 is 10.8 Å². The fourth-order valence-corrected chi connectivity index (χ4v) is 2.98. The molecule has 0 aromatic carbocycles. The van der Waals surface area contributed by atoms with Crippen LogP contribution in [0.3, 0.4) is 0 Å². The average Bonchev–Trinajstić information content (AvgIpc) is 2.68. The highest BCUT2D eigenvalue weighted by molar-refractivity contribution is 7.86. The van der Waals surface area contributed by atoms with Gasteiger partial charge in [0.15, 0.2) is 0 Å². The molecule has 0 aliphatic carbocycles. The van der Waals surface area contributed by atoms with Crippen LogP contribution < -0.4 is 5.32 Å². The second kappa shape index (κ2) is 5.94. The third-order valence-electron chi connectivity index (χ3n) is 2.46. The molecule has 0 saturated carbocycles. The maximum atomic E-state index is 11.8. The van der Waals surface area contributed by atoms with Gasteiger partial charge in [0.05, 0.1) is 0 Å². The molecule has 0 bridgehead atoms. The van der Waals surface area contributed by atoms with Crippen molar-refractivity contribution >= 4 is 22.1 Å². The summed E-state index contributed by atoms with van der Waals surface area (Å²) in [4.78, 5) is 0. The van der Waals surface area contributed by atoms with E-state index in [1.165, 1.54) is 5.56 Å². The fourth-order valence-electron chi connectivity index (χ4n) is 1.31. The molecule has 16 heavy (non-hydrogen) atoms. The van der Waals surface area contributed by atoms with Crippen molar-refractivity contribution in [1.82, 2.24) is 5.32 Å². The van der Waals surface area contributed by atoms with Crippen molar-refractivity contribution in [2.24, 2.45) is 0 Å². The summed E-state index contributed by atoms with van der Waals surface area (Å²) in [6.07, 6.45) is 0. The van der Waals surface area contributed by atoms with Gasteiger partial charge < -0.3 is 5.32 Å². The molecule has 0 spiro atoms. The SMILES string of the molecule is CC(NCCS(=O)C(C)(C)C)c1ccsc1. The molecule has 0 fully saturated rings. The Morgan fingerprint density at radius 1 is 1.50 bits per heavy atom. The Morgan fingerprint density at radius 2 is 2.19 bits per heavy atom. The Hall–Kier alpha value is -0.190. The summed E-state index contributed by atoms with van der Waals surface area (Å²) in [5.74, 6) is 0.720. The van der Waals surface area contributed by atoms with E-state index in [2.05, 4.69) is 29.1 Å². The largest absolute Gasteiger partial charge is 0.309 e. The molecular weight excluding hydrogens is 238 g/mol. The topological polar surface area (TPSA) is 29.1 Å². The van der Waals surface area contributed by atoms with Gasteiger partial charge in [-0.05, 0) is 50.1 Å². The van der Waals surface area contributed by atoms with Crippen LogP contribution in [0.15, 0.2) is 16.8 Å². The van der Waals surface area contributed by atoms with Gasteiger partial charge in [-0.25, -0.2) is 0 Å². The van der Waals surface area contributed by atoms with Gasteiger partial charge in [0.25, 0.3) is 0 Å². The fraction of sp³-hybridized carbons (Fsp3) is 0.667. The van der Waals surface area contributed by atoms with E-state index in [1.54, 1.807) is 11.3 Å². The lowest BCUT2D eigenvalue weighted by molar-refractivity contribution is 0.592. The minimum absolute atomic E-state index is 0.104. The lowest BCUT2D eigenvalue weighted by Gasteiger charge is -2.19. The minimum Gasteiger partial charge on any atom is -0.309 e. The van der Waals surface area contributed by atoms with Crippen LogP contribution in [-0.4, -0.2) is 21.3 Å². The second-order valence-corrected chi connectivity index (χ2v) is 8.00. The highest BCUT2D eigenvalue weighted by atomic mass is 32.2. The van der Waals surface area contributed by atoms with Crippen molar-refractivity contribution in [2.75, 3.05) is 12.3 Å². The molecule has 2 nitrogen and oxygen atoms in total. The number of rotatable bonds is 5. The van der Waals surface area contributed by atoms with Crippen LogP contribution in [0.2, 0.25) is 0 Å². The smallest absolute Gasteiger partial charge is 0.0375 e. The first-order valence-corrected chi connectivity index (χ1v) is 7.81. The molecule has 1 aromatic rings. The first kappa shape index (κ1) is 13.9. The van der Waals surface area contributed by atoms with Crippen LogP contribution in [0.1, 0.15) is 39.3 Å². The molecule has 1 heterocycles. The van der Waals surface area contributed by atoms with Crippen molar-refractivity contribution in [3.63, 3.8) is 0 Å². The Bertz CT molecular complexity index is 327. The lowest BCUT2D eigenvalue weighted by Crippen LogP contribution is -2.30. The van der Waals surface area contributed by atoms with E-state index in [0.717, 1.165) is 12.3 Å². The van der Waals surface area contributed by atoms with Crippen molar-refractivity contribution in [3.05, 3.63) is 22.4 Å². The first-order chi connectivity index (χ1) is 7.41. The van der Waals surface area contributed by atoms with Gasteiger partial charge in [-0.1, -0.05) is 0 Å². The van der Waals surface area contributed by atoms with E-state index in [0.29, 0.717) is 6.04 Å². The number of thiophene rings is 1. The Balaban J connectivity index is 2.29. The van der Waals surface area contributed by atoms with Crippen molar-refractivity contribution in [3.8, 4) is 0 Å². The predicted octanol–water partition coefficient (Wildman–Crippen LogP) is 2.95. The third-order valence-corrected chi connectivity index (χ3v) is 5.11. The molecular formula is C12H21NOS2. The highest BCUT2D eigenvalue weighted by Gasteiger charge is 2.18. The van der Waals surface area contributed by atoms with E-state index in [1.807, 2.05) is 20.8 Å². The average molecular weight is 259 g/mol. The molecule has 0 aliphatic rings. The minimum atomic E-state index is -0.760. The van der Waals surface area contributed by atoms with Gasteiger partial charge in [0, 0.05) is 33.9 Å². The van der Waals surface area contributed by atoms with Crippen molar-refractivity contribution in [2.45, 2.75) is 38.5 Å². The van der Waals surface area contributed by atoms with Crippen LogP contribution >= 0.6 is 11.3 Å². The van der Waals surface area contributed by atoms with E-state index >= 15 is 0 Å². The van der Waals surface area contributed by atoms with E-state index in [4.69, 9.17) is 0 Å². The van der Waals surface area contributed by atoms with Crippen molar-refractivity contribution < 1.29 is 4.21 Å². The molecule has 92 valence electrons. The monoisotopic (exact) mass is 259 g/mol. The van der Waals surface area contributed by atoms with Gasteiger partial charge in [-0.15, -0.1) is 0 Å². The van der Waals surface area contributed by atoms with Gasteiger partial charge in [-0.3, -0.25) is 4.21 Å².